The monoisotopic (exact) mass is 268 g/mol. The van der Waals surface area contributed by atoms with Crippen molar-refractivity contribution >= 4 is 5.91 Å². The van der Waals surface area contributed by atoms with E-state index in [1.807, 2.05) is 7.05 Å². The predicted molar refractivity (Wildman–Crippen MR) is 62.9 cm³/mol. The van der Waals surface area contributed by atoms with Crippen LogP contribution in [0, 0.1) is 17.5 Å². The summed E-state index contributed by atoms with van der Waals surface area (Å²) in [5.74, 6) is -5.02. The molecule has 1 amide bonds. The van der Waals surface area contributed by atoms with Crippen molar-refractivity contribution in [2.24, 2.45) is 7.05 Å². The number of benzene rings is 1. The van der Waals surface area contributed by atoms with Crippen molar-refractivity contribution in [1.29, 1.82) is 0 Å². The summed E-state index contributed by atoms with van der Waals surface area (Å²) >= 11 is 0. The highest BCUT2D eigenvalue weighted by molar-refractivity contribution is 5.94. The molecule has 0 saturated carbocycles. The van der Waals surface area contributed by atoms with Gasteiger partial charge in [0.15, 0.2) is 17.5 Å². The zero-order valence-corrected chi connectivity index (χ0v) is 10.1. The van der Waals surface area contributed by atoms with Crippen LogP contribution in [0.4, 0.5) is 13.2 Å². The Morgan fingerprint density at radius 1 is 1.26 bits per heavy atom. The second-order valence-electron chi connectivity index (χ2n) is 4.12. The van der Waals surface area contributed by atoms with Gasteiger partial charge < -0.3 is 9.88 Å². The smallest absolute Gasteiger partial charge is 0.251 e. The molecule has 0 unspecified atom stereocenters. The normalized spacial score (nSPS) is 10.5. The highest BCUT2D eigenvalue weighted by Gasteiger charge is 2.14. The van der Waals surface area contributed by atoms with E-state index < -0.39 is 23.4 Å². The van der Waals surface area contributed by atoms with Gasteiger partial charge >= 0.3 is 0 Å². The molecule has 2 aromatic rings. The molecule has 100 valence electrons. The molecule has 2 rings (SSSR count). The second-order valence-corrected chi connectivity index (χ2v) is 4.12. The van der Waals surface area contributed by atoms with E-state index in [-0.39, 0.29) is 12.1 Å². The van der Waals surface area contributed by atoms with Crippen molar-refractivity contribution in [3.05, 3.63) is 59.2 Å². The van der Waals surface area contributed by atoms with Crippen molar-refractivity contribution in [2.45, 2.75) is 6.54 Å². The number of carbonyl (C=O) groups excluding carboxylic acids is 1. The van der Waals surface area contributed by atoms with Gasteiger partial charge in [0.1, 0.15) is 0 Å². The molecule has 0 bridgehead atoms. The number of carbonyl (C=O) groups is 1. The maximum absolute atomic E-state index is 13.0. The minimum Gasteiger partial charge on any atom is -0.357 e. The highest BCUT2D eigenvalue weighted by Crippen LogP contribution is 2.13. The Morgan fingerprint density at radius 2 is 1.89 bits per heavy atom. The van der Waals surface area contributed by atoms with E-state index in [1.165, 1.54) is 0 Å². The molecule has 3 nitrogen and oxygen atoms in total. The summed E-state index contributed by atoms with van der Waals surface area (Å²) in [4.78, 5) is 11.7. The van der Waals surface area contributed by atoms with Gasteiger partial charge in [-0.2, -0.15) is 0 Å². The first-order valence-corrected chi connectivity index (χ1v) is 5.51. The lowest BCUT2D eigenvalue weighted by Crippen LogP contribution is -2.23. The lowest BCUT2D eigenvalue weighted by Gasteiger charge is -2.05. The molecule has 0 fully saturated rings. The van der Waals surface area contributed by atoms with Crippen LogP contribution in [0.3, 0.4) is 0 Å². The minimum atomic E-state index is -1.58. The van der Waals surface area contributed by atoms with Crippen LogP contribution in [-0.2, 0) is 13.6 Å². The fourth-order valence-corrected chi connectivity index (χ4v) is 1.64. The quantitative estimate of drug-likeness (QED) is 0.852. The maximum Gasteiger partial charge on any atom is 0.251 e. The van der Waals surface area contributed by atoms with Gasteiger partial charge in [-0.05, 0) is 23.8 Å². The number of nitrogens with one attached hydrogen (secondary N) is 1. The van der Waals surface area contributed by atoms with E-state index >= 15 is 0 Å². The minimum absolute atomic E-state index is 0.223. The molecule has 19 heavy (non-hydrogen) atoms. The average molecular weight is 268 g/mol. The Kier molecular flexibility index (Phi) is 3.59. The summed E-state index contributed by atoms with van der Waals surface area (Å²) in [6.07, 6.45) is 3.60. The van der Waals surface area contributed by atoms with Gasteiger partial charge in [-0.1, -0.05) is 0 Å². The molecule has 0 spiro atoms. The summed E-state index contributed by atoms with van der Waals surface area (Å²) in [7, 11) is 1.83. The third-order valence-electron chi connectivity index (χ3n) is 2.59. The third kappa shape index (κ3) is 2.96. The molecule has 1 heterocycles. The van der Waals surface area contributed by atoms with Crippen LogP contribution in [0.5, 0.6) is 0 Å². The zero-order valence-electron chi connectivity index (χ0n) is 10.1. The number of amides is 1. The van der Waals surface area contributed by atoms with Gasteiger partial charge in [0.2, 0.25) is 0 Å². The molecular formula is C13H11F3N2O. The molecule has 0 radical (unpaired) electrons. The summed E-state index contributed by atoms with van der Waals surface area (Å²) in [5, 5.41) is 2.49. The van der Waals surface area contributed by atoms with Crippen molar-refractivity contribution in [2.75, 3.05) is 0 Å². The van der Waals surface area contributed by atoms with Crippen molar-refractivity contribution in [3.8, 4) is 0 Å². The zero-order chi connectivity index (χ0) is 14.0. The van der Waals surface area contributed by atoms with Crippen molar-refractivity contribution in [3.63, 3.8) is 0 Å². The van der Waals surface area contributed by atoms with Gasteiger partial charge in [0.05, 0.1) is 0 Å². The largest absolute Gasteiger partial charge is 0.357 e. The molecule has 0 aliphatic carbocycles. The van der Waals surface area contributed by atoms with E-state index in [0.717, 1.165) is 5.56 Å². The summed E-state index contributed by atoms with van der Waals surface area (Å²) in [5.41, 5.74) is 0.589. The number of rotatable bonds is 3. The molecule has 0 saturated heterocycles. The number of aryl methyl sites for hydroxylation is 1. The van der Waals surface area contributed by atoms with E-state index in [1.54, 1.807) is 23.0 Å². The van der Waals surface area contributed by atoms with Crippen LogP contribution in [0.15, 0.2) is 30.6 Å². The molecule has 6 heteroatoms. The number of aromatic nitrogens is 1. The van der Waals surface area contributed by atoms with Crippen LogP contribution in [0.25, 0.3) is 0 Å². The first kappa shape index (κ1) is 13.2. The van der Waals surface area contributed by atoms with Crippen LogP contribution in [0.1, 0.15) is 15.9 Å². The molecule has 1 aromatic heterocycles. The van der Waals surface area contributed by atoms with Crippen LogP contribution < -0.4 is 5.32 Å². The molecule has 1 N–H and O–H groups in total. The standard InChI is InChI=1S/C13H11F3N2O/c1-18-3-2-8(7-18)6-17-13(19)9-4-10(14)12(16)11(15)5-9/h2-5,7H,6H2,1H3,(H,17,19). The molecule has 0 aliphatic heterocycles. The first-order valence-electron chi connectivity index (χ1n) is 5.51. The molecule has 1 aromatic carbocycles. The van der Waals surface area contributed by atoms with E-state index in [0.29, 0.717) is 12.1 Å². The Balaban J connectivity index is 2.08. The SMILES string of the molecule is Cn1ccc(CNC(=O)c2cc(F)c(F)c(F)c2)c1. The van der Waals surface area contributed by atoms with Crippen LogP contribution in [-0.4, -0.2) is 10.5 Å². The number of hydrogen-bond acceptors (Lipinski definition) is 1. The average Bonchev–Trinajstić information content (AvgIpc) is 2.78. The predicted octanol–water partition coefficient (Wildman–Crippen LogP) is 2.37. The van der Waals surface area contributed by atoms with E-state index in [2.05, 4.69) is 5.32 Å². The van der Waals surface area contributed by atoms with Gasteiger partial charge in [-0.15, -0.1) is 0 Å². The fraction of sp³-hybridized carbons (Fsp3) is 0.154. The Bertz CT molecular complexity index is 599. The summed E-state index contributed by atoms with van der Waals surface area (Å²) in [6, 6.07) is 3.13. The number of hydrogen-bond donors (Lipinski definition) is 1. The van der Waals surface area contributed by atoms with E-state index in [9.17, 15) is 18.0 Å². The van der Waals surface area contributed by atoms with E-state index in [4.69, 9.17) is 0 Å². The lowest BCUT2D eigenvalue weighted by atomic mass is 10.2. The van der Waals surface area contributed by atoms with Gasteiger partial charge in [-0.25, -0.2) is 13.2 Å². The Labute approximate surface area is 107 Å². The Morgan fingerprint density at radius 3 is 2.42 bits per heavy atom. The Hall–Kier alpha value is -2.24. The van der Waals surface area contributed by atoms with Gasteiger partial charge in [-0.3, -0.25) is 4.79 Å². The summed E-state index contributed by atoms with van der Waals surface area (Å²) < 4.78 is 40.5. The first-order chi connectivity index (χ1) is 8.97. The molecule has 0 aliphatic rings. The fourth-order valence-electron chi connectivity index (χ4n) is 1.64. The highest BCUT2D eigenvalue weighted by atomic mass is 19.2. The van der Waals surface area contributed by atoms with Crippen LogP contribution in [0.2, 0.25) is 0 Å². The lowest BCUT2D eigenvalue weighted by molar-refractivity contribution is 0.0949. The van der Waals surface area contributed by atoms with Crippen LogP contribution >= 0.6 is 0 Å². The topological polar surface area (TPSA) is 34.0 Å². The summed E-state index contributed by atoms with van der Waals surface area (Å²) in [6.45, 7) is 0.223. The van der Waals surface area contributed by atoms with Crippen molar-refractivity contribution < 1.29 is 18.0 Å². The van der Waals surface area contributed by atoms with Gasteiger partial charge in [0.25, 0.3) is 5.91 Å². The molecular weight excluding hydrogens is 257 g/mol. The third-order valence-corrected chi connectivity index (χ3v) is 2.59. The van der Waals surface area contributed by atoms with Crippen molar-refractivity contribution in [1.82, 2.24) is 9.88 Å². The maximum atomic E-state index is 13.0. The number of nitrogens with zero attached hydrogens (tertiary/aromatic N) is 1. The molecule has 0 atom stereocenters. The second kappa shape index (κ2) is 5.17. The van der Waals surface area contributed by atoms with Gasteiger partial charge in [0, 0.05) is 31.5 Å². The number of halogens is 3.